The molecule has 1 aliphatic heterocycles. The van der Waals surface area contributed by atoms with Crippen LogP contribution in [0.5, 0.6) is 0 Å². The summed E-state index contributed by atoms with van der Waals surface area (Å²) in [6.07, 6.45) is 2.06. The van der Waals surface area contributed by atoms with Crippen molar-refractivity contribution in [3.63, 3.8) is 0 Å². The van der Waals surface area contributed by atoms with Crippen molar-refractivity contribution < 1.29 is 25.6 Å². The Bertz CT molecular complexity index is 1670. The number of hydrogen-bond donors (Lipinski definition) is 1. The number of imidazole rings is 1. The molecule has 2 aliphatic carbocycles. The van der Waals surface area contributed by atoms with Crippen molar-refractivity contribution in [3.05, 3.63) is 22.5 Å². The van der Waals surface area contributed by atoms with E-state index in [2.05, 4.69) is 14.9 Å². The summed E-state index contributed by atoms with van der Waals surface area (Å²) in [5.41, 5.74) is 1.80. The minimum absolute atomic E-state index is 0.0300. The van der Waals surface area contributed by atoms with Gasteiger partial charge in [-0.05, 0) is 0 Å². The van der Waals surface area contributed by atoms with Crippen LogP contribution in [0.2, 0.25) is 0 Å². The summed E-state index contributed by atoms with van der Waals surface area (Å²) in [5.74, 6) is 0.133. The van der Waals surface area contributed by atoms with E-state index in [1.165, 1.54) is 10.5 Å². The van der Waals surface area contributed by atoms with Crippen molar-refractivity contribution in [1.82, 2.24) is 28.6 Å². The molecule has 3 aromatic heterocycles. The Hall–Kier alpha value is -1.97. The normalized spacial score (nSPS) is 20.2. The molecule has 3 fully saturated rings. The van der Waals surface area contributed by atoms with Gasteiger partial charge in [0.15, 0.2) is 0 Å². The Morgan fingerprint density at radius 1 is 1.07 bits per heavy atom. The molecule has 0 atom stereocenters. The third-order valence-corrected chi connectivity index (χ3v) is 13.6. The fourth-order valence-corrected chi connectivity index (χ4v) is 9.25. The van der Waals surface area contributed by atoms with E-state index in [0.29, 0.717) is 40.4 Å². The molecule has 6 rings (SSSR count). The third kappa shape index (κ3) is 5.11. The SMILES string of the molecule is CC(C)S(=O)(=O)N1CCN(c2cc(S(=O)(=O)NC3(C)CC3)cn3c(-c4nnc(C(F)F)[se]4)c(C4CC4)nc23)CC1. The first-order valence-corrected chi connectivity index (χ1v) is 17.9. The number of sulfonamides is 2. The zero-order valence-electron chi connectivity index (χ0n) is 22.3. The molecule has 0 aromatic carbocycles. The molecule has 4 heterocycles. The average molecular weight is 663 g/mol. The molecule has 0 spiro atoms. The number of pyridine rings is 1. The Morgan fingerprint density at radius 2 is 1.75 bits per heavy atom. The first kappa shape index (κ1) is 28.2. The van der Waals surface area contributed by atoms with Gasteiger partial charge in [-0.2, -0.15) is 0 Å². The van der Waals surface area contributed by atoms with Gasteiger partial charge in [-0.3, -0.25) is 0 Å². The maximum absolute atomic E-state index is 13.6. The number of aromatic nitrogens is 4. The van der Waals surface area contributed by atoms with Crippen molar-refractivity contribution in [2.24, 2.45) is 0 Å². The van der Waals surface area contributed by atoms with Crippen LogP contribution < -0.4 is 9.62 Å². The Balaban J connectivity index is 1.49. The van der Waals surface area contributed by atoms with Crippen LogP contribution >= 0.6 is 0 Å². The van der Waals surface area contributed by atoms with Gasteiger partial charge in [-0.15, -0.1) is 0 Å². The molecule has 1 N–H and O–H groups in total. The second-order valence-corrected chi connectivity index (χ2v) is 17.6. The average Bonchev–Trinajstić information content (AvgIpc) is 3.77. The standard InChI is InChI=1S/C24H31F2N7O4S2Se/c1-14(2)39(36,37)32-10-8-31(9-11-32)17-12-16(38(34,35)30-24(3)6-7-24)13-33-19(18(15-4-5-15)27-21(17)33)22-28-29-23(40-22)20(25)26/h12-15,20,30H,4-11H2,1-3H3. The molecule has 40 heavy (non-hydrogen) atoms. The Morgan fingerprint density at radius 3 is 2.30 bits per heavy atom. The summed E-state index contributed by atoms with van der Waals surface area (Å²) < 4.78 is 85.5. The maximum atomic E-state index is 13.6. The van der Waals surface area contributed by atoms with Crippen LogP contribution in [0.25, 0.3) is 15.9 Å². The van der Waals surface area contributed by atoms with E-state index in [-0.39, 0.29) is 28.5 Å². The van der Waals surface area contributed by atoms with E-state index in [4.69, 9.17) is 4.98 Å². The van der Waals surface area contributed by atoms with E-state index < -0.39 is 51.8 Å². The van der Waals surface area contributed by atoms with E-state index in [9.17, 15) is 25.6 Å². The number of fused-ring (bicyclic) bond motifs is 1. The van der Waals surface area contributed by atoms with Crippen LogP contribution in [0.3, 0.4) is 0 Å². The number of alkyl halides is 2. The van der Waals surface area contributed by atoms with Crippen LogP contribution in [0.1, 0.15) is 69.1 Å². The van der Waals surface area contributed by atoms with Crippen LogP contribution in [-0.4, -0.2) is 92.2 Å². The monoisotopic (exact) mass is 663 g/mol. The fraction of sp³-hybridized carbons (Fsp3) is 0.625. The molecule has 218 valence electrons. The summed E-state index contributed by atoms with van der Waals surface area (Å²) in [7, 11) is -7.36. The van der Waals surface area contributed by atoms with Gasteiger partial charge in [0.1, 0.15) is 0 Å². The Kier molecular flexibility index (Phi) is 6.90. The van der Waals surface area contributed by atoms with Crippen LogP contribution in [0, 0.1) is 0 Å². The number of hydrogen-bond acceptors (Lipinski definition) is 8. The van der Waals surface area contributed by atoms with E-state index in [1.54, 1.807) is 24.3 Å². The molecule has 11 nitrogen and oxygen atoms in total. The first-order chi connectivity index (χ1) is 18.8. The van der Waals surface area contributed by atoms with Gasteiger partial charge in [0.05, 0.1) is 0 Å². The fourth-order valence-electron chi connectivity index (χ4n) is 4.93. The van der Waals surface area contributed by atoms with Crippen molar-refractivity contribution in [2.75, 3.05) is 31.1 Å². The quantitative estimate of drug-likeness (QED) is 0.346. The van der Waals surface area contributed by atoms with Crippen LogP contribution in [0.4, 0.5) is 14.5 Å². The van der Waals surface area contributed by atoms with Crippen molar-refractivity contribution in [2.45, 2.75) is 74.5 Å². The van der Waals surface area contributed by atoms with Crippen molar-refractivity contribution in [1.29, 1.82) is 0 Å². The molecular weight excluding hydrogens is 631 g/mol. The van der Waals surface area contributed by atoms with E-state index in [1.807, 2.05) is 11.8 Å². The van der Waals surface area contributed by atoms with Crippen LogP contribution in [-0.2, 0) is 20.0 Å². The summed E-state index contributed by atoms with van der Waals surface area (Å²) in [5, 5.41) is 7.28. The predicted octanol–water partition coefficient (Wildman–Crippen LogP) is 2.35. The summed E-state index contributed by atoms with van der Waals surface area (Å²) in [6.45, 7) is 6.35. The number of anilines is 1. The van der Waals surface area contributed by atoms with Gasteiger partial charge in [0.2, 0.25) is 0 Å². The molecule has 0 bridgehead atoms. The zero-order valence-corrected chi connectivity index (χ0v) is 25.7. The van der Waals surface area contributed by atoms with Crippen molar-refractivity contribution in [3.8, 4) is 10.3 Å². The van der Waals surface area contributed by atoms with Gasteiger partial charge in [-0.25, -0.2) is 0 Å². The Labute approximate surface area is 237 Å². The van der Waals surface area contributed by atoms with Gasteiger partial charge in [0.25, 0.3) is 0 Å². The van der Waals surface area contributed by atoms with Gasteiger partial charge < -0.3 is 0 Å². The topological polar surface area (TPSA) is 130 Å². The van der Waals surface area contributed by atoms with E-state index >= 15 is 0 Å². The number of nitrogens with zero attached hydrogens (tertiary/aromatic N) is 6. The molecule has 0 radical (unpaired) electrons. The van der Waals surface area contributed by atoms with Gasteiger partial charge in [0, 0.05) is 0 Å². The zero-order chi connectivity index (χ0) is 28.6. The number of piperazine rings is 1. The molecule has 3 aliphatic rings. The summed E-state index contributed by atoms with van der Waals surface area (Å²) in [6, 6.07) is 1.59. The molecule has 1 saturated heterocycles. The minimum atomic E-state index is -3.93. The number of nitrogens with one attached hydrogen (secondary N) is 1. The van der Waals surface area contributed by atoms with Gasteiger partial charge >= 0.3 is 238 Å². The predicted molar refractivity (Wildman–Crippen MR) is 146 cm³/mol. The molecular formula is C24H31F2N7O4S2Se. The number of rotatable bonds is 9. The number of halogens is 2. The summed E-state index contributed by atoms with van der Waals surface area (Å²) in [4.78, 5) is 6.92. The van der Waals surface area contributed by atoms with Crippen molar-refractivity contribution >= 4 is 45.9 Å². The van der Waals surface area contributed by atoms with E-state index in [0.717, 1.165) is 25.7 Å². The second kappa shape index (κ2) is 9.80. The summed E-state index contributed by atoms with van der Waals surface area (Å²) >= 11 is -0.820. The molecule has 16 heteroatoms. The molecule has 2 saturated carbocycles. The molecule has 0 amide bonds. The molecule has 3 aromatic rings. The second-order valence-electron chi connectivity index (χ2n) is 11.3. The molecule has 0 unspecified atom stereocenters. The van der Waals surface area contributed by atoms with Gasteiger partial charge in [-0.1, -0.05) is 0 Å². The first-order valence-electron chi connectivity index (χ1n) is 13.2. The van der Waals surface area contributed by atoms with Crippen LogP contribution in [0.15, 0.2) is 17.2 Å². The third-order valence-electron chi connectivity index (χ3n) is 7.72.